The number of carbonyl (C=O) groups is 1. The maximum atomic E-state index is 12.6. The Hall–Kier alpha value is -2.14. The molecule has 1 saturated carbocycles. The van der Waals surface area contributed by atoms with E-state index >= 15 is 0 Å². The largest absolute Gasteiger partial charge is 0.469 e. The Morgan fingerprint density at radius 3 is 2.69 bits per heavy atom. The second kappa shape index (κ2) is 6.88. The number of pyridine rings is 1. The monoisotopic (exact) mass is 353 g/mol. The molecule has 0 unspecified atom stereocenters. The highest BCUT2D eigenvalue weighted by Crippen LogP contribution is 2.51. The number of aromatic nitrogens is 1. The number of piperidine rings is 1. The smallest absolute Gasteiger partial charge is 0.257 e. The van der Waals surface area contributed by atoms with Gasteiger partial charge in [0.15, 0.2) is 0 Å². The first-order valence-corrected chi connectivity index (χ1v) is 9.50. The second-order valence-corrected chi connectivity index (χ2v) is 7.98. The number of hydrogen-bond donors (Lipinski definition) is 0. The van der Waals surface area contributed by atoms with Gasteiger partial charge in [-0.3, -0.25) is 14.7 Å². The average Bonchev–Trinajstić information content (AvgIpc) is 3.06. The SMILES string of the molecule is Cc1occc1C(=O)N1CCC2(CC1)CC(N(C)Cc1ccccn1)C2. The number of likely N-dealkylation sites (tertiary alicyclic amines) is 1. The fraction of sp³-hybridized carbons (Fsp3) is 0.524. The minimum atomic E-state index is 0.120. The van der Waals surface area contributed by atoms with Crippen molar-refractivity contribution in [2.75, 3.05) is 20.1 Å². The van der Waals surface area contributed by atoms with Crippen molar-refractivity contribution in [3.8, 4) is 0 Å². The van der Waals surface area contributed by atoms with E-state index in [1.165, 1.54) is 12.8 Å². The molecule has 5 nitrogen and oxygen atoms in total. The van der Waals surface area contributed by atoms with Crippen LogP contribution in [-0.4, -0.2) is 46.9 Å². The minimum Gasteiger partial charge on any atom is -0.469 e. The van der Waals surface area contributed by atoms with Crippen LogP contribution in [0.25, 0.3) is 0 Å². The van der Waals surface area contributed by atoms with Gasteiger partial charge in [-0.25, -0.2) is 0 Å². The van der Waals surface area contributed by atoms with Gasteiger partial charge in [0.1, 0.15) is 5.76 Å². The molecule has 4 rings (SSSR count). The van der Waals surface area contributed by atoms with E-state index in [1.807, 2.05) is 30.2 Å². The number of rotatable bonds is 4. The minimum absolute atomic E-state index is 0.120. The van der Waals surface area contributed by atoms with Crippen LogP contribution < -0.4 is 0 Å². The first kappa shape index (κ1) is 17.3. The van der Waals surface area contributed by atoms with Crippen LogP contribution in [0.4, 0.5) is 0 Å². The number of carbonyl (C=O) groups excluding carboxylic acids is 1. The van der Waals surface area contributed by atoms with Crippen LogP contribution in [-0.2, 0) is 6.54 Å². The first-order valence-electron chi connectivity index (χ1n) is 9.50. The summed E-state index contributed by atoms with van der Waals surface area (Å²) in [6, 6.07) is 8.52. The summed E-state index contributed by atoms with van der Waals surface area (Å²) in [7, 11) is 2.20. The third-order valence-electron chi connectivity index (χ3n) is 6.30. The Morgan fingerprint density at radius 1 is 1.31 bits per heavy atom. The molecule has 2 aliphatic rings. The molecule has 0 aromatic carbocycles. The lowest BCUT2D eigenvalue weighted by Gasteiger charge is -2.54. The van der Waals surface area contributed by atoms with Gasteiger partial charge in [-0.1, -0.05) is 6.07 Å². The molecule has 1 saturated heterocycles. The number of furan rings is 1. The van der Waals surface area contributed by atoms with Gasteiger partial charge in [0.05, 0.1) is 17.5 Å². The first-order chi connectivity index (χ1) is 12.6. The Bertz CT molecular complexity index is 755. The summed E-state index contributed by atoms with van der Waals surface area (Å²) in [5, 5.41) is 0. The van der Waals surface area contributed by atoms with Gasteiger partial charge < -0.3 is 9.32 Å². The Labute approximate surface area is 155 Å². The fourth-order valence-electron chi connectivity index (χ4n) is 4.50. The zero-order valence-electron chi connectivity index (χ0n) is 15.6. The van der Waals surface area contributed by atoms with Gasteiger partial charge in [0.2, 0.25) is 0 Å². The number of amides is 1. The number of aryl methyl sites for hydroxylation is 1. The molecule has 1 aliphatic heterocycles. The molecule has 1 spiro atoms. The second-order valence-electron chi connectivity index (χ2n) is 7.98. The lowest BCUT2D eigenvalue weighted by molar-refractivity contribution is -0.0331. The normalized spacial score (nSPS) is 19.7. The standard InChI is InChI=1S/C21H27N3O2/c1-16-19(6-12-26-16)20(25)24-10-7-21(8-11-24)13-18(14-21)23(2)15-17-5-3-4-9-22-17/h3-6,9,12,18H,7-8,10-11,13-15H2,1-2H3. The molecule has 3 heterocycles. The van der Waals surface area contributed by atoms with Crippen LogP contribution in [0.1, 0.15) is 47.5 Å². The van der Waals surface area contributed by atoms with Crippen LogP contribution >= 0.6 is 0 Å². The van der Waals surface area contributed by atoms with E-state index in [0.29, 0.717) is 17.0 Å². The zero-order chi connectivity index (χ0) is 18.1. The molecule has 2 aromatic heterocycles. The van der Waals surface area contributed by atoms with Crippen molar-refractivity contribution < 1.29 is 9.21 Å². The number of hydrogen-bond acceptors (Lipinski definition) is 4. The number of nitrogens with zero attached hydrogens (tertiary/aromatic N) is 3. The van der Waals surface area contributed by atoms with E-state index < -0.39 is 0 Å². The van der Waals surface area contributed by atoms with Crippen LogP contribution in [0.15, 0.2) is 41.1 Å². The van der Waals surface area contributed by atoms with Crippen molar-refractivity contribution in [3.05, 3.63) is 53.7 Å². The summed E-state index contributed by atoms with van der Waals surface area (Å²) in [5.41, 5.74) is 2.28. The maximum Gasteiger partial charge on any atom is 0.257 e. The topological polar surface area (TPSA) is 49.6 Å². The predicted octanol–water partition coefficient (Wildman–Crippen LogP) is 3.50. The molecule has 0 atom stereocenters. The van der Waals surface area contributed by atoms with Gasteiger partial charge in [-0.15, -0.1) is 0 Å². The van der Waals surface area contributed by atoms with E-state index in [2.05, 4.69) is 23.0 Å². The van der Waals surface area contributed by atoms with Crippen molar-refractivity contribution in [1.82, 2.24) is 14.8 Å². The molecule has 0 bridgehead atoms. The molecule has 2 fully saturated rings. The third kappa shape index (κ3) is 3.28. The molecule has 1 amide bonds. The maximum absolute atomic E-state index is 12.6. The van der Waals surface area contributed by atoms with E-state index in [1.54, 1.807) is 12.3 Å². The summed E-state index contributed by atoms with van der Waals surface area (Å²) in [6.07, 6.45) is 8.17. The summed E-state index contributed by atoms with van der Waals surface area (Å²) >= 11 is 0. The van der Waals surface area contributed by atoms with E-state index in [0.717, 1.165) is 43.9 Å². The van der Waals surface area contributed by atoms with E-state index in [4.69, 9.17) is 4.42 Å². The third-order valence-corrected chi connectivity index (χ3v) is 6.30. The van der Waals surface area contributed by atoms with Crippen LogP contribution in [0.3, 0.4) is 0 Å². The Kier molecular flexibility index (Phi) is 4.57. The summed E-state index contributed by atoms with van der Waals surface area (Å²) in [5.74, 6) is 0.837. The van der Waals surface area contributed by atoms with Crippen molar-refractivity contribution >= 4 is 5.91 Å². The van der Waals surface area contributed by atoms with Crippen LogP contribution in [0.2, 0.25) is 0 Å². The molecule has 2 aromatic rings. The molecule has 0 radical (unpaired) electrons. The van der Waals surface area contributed by atoms with Crippen LogP contribution in [0, 0.1) is 12.3 Å². The molecule has 0 N–H and O–H groups in total. The Morgan fingerprint density at radius 2 is 2.08 bits per heavy atom. The van der Waals surface area contributed by atoms with Crippen LogP contribution in [0.5, 0.6) is 0 Å². The van der Waals surface area contributed by atoms with Gasteiger partial charge in [-0.05, 0) is 63.3 Å². The lowest BCUT2D eigenvalue weighted by Crippen LogP contribution is -2.54. The lowest BCUT2D eigenvalue weighted by atomic mass is 9.60. The molecular weight excluding hydrogens is 326 g/mol. The van der Waals surface area contributed by atoms with E-state index in [9.17, 15) is 4.79 Å². The van der Waals surface area contributed by atoms with Crippen molar-refractivity contribution in [2.45, 2.75) is 45.2 Å². The average molecular weight is 353 g/mol. The molecule has 138 valence electrons. The van der Waals surface area contributed by atoms with Gasteiger partial charge in [0, 0.05) is 31.9 Å². The Balaban J connectivity index is 1.28. The molecule has 5 heteroatoms. The van der Waals surface area contributed by atoms with Crippen molar-refractivity contribution in [2.24, 2.45) is 5.41 Å². The molecule has 1 aliphatic carbocycles. The highest BCUT2D eigenvalue weighted by Gasteiger charge is 2.47. The van der Waals surface area contributed by atoms with Crippen molar-refractivity contribution in [1.29, 1.82) is 0 Å². The summed E-state index contributed by atoms with van der Waals surface area (Å²) in [6.45, 7) is 4.48. The van der Waals surface area contributed by atoms with Gasteiger partial charge in [-0.2, -0.15) is 0 Å². The van der Waals surface area contributed by atoms with Gasteiger partial charge in [0.25, 0.3) is 5.91 Å². The summed E-state index contributed by atoms with van der Waals surface area (Å²) < 4.78 is 5.28. The summed E-state index contributed by atoms with van der Waals surface area (Å²) in [4.78, 5) is 21.5. The van der Waals surface area contributed by atoms with Gasteiger partial charge >= 0.3 is 0 Å². The zero-order valence-corrected chi connectivity index (χ0v) is 15.6. The molecular formula is C21H27N3O2. The predicted molar refractivity (Wildman–Crippen MR) is 99.7 cm³/mol. The highest BCUT2D eigenvalue weighted by molar-refractivity contribution is 5.95. The highest BCUT2D eigenvalue weighted by atomic mass is 16.3. The fourth-order valence-corrected chi connectivity index (χ4v) is 4.50. The van der Waals surface area contributed by atoms with E-state index in [-0.39, 0.29) is 5.91 Å². The van der Waals surface area contributed by atoms with Crippen molar-refractivity contribution in [3.63, 3.8) is 0 Å². The quantitative estimate of drug-likeness (QED) is 0.844. The molecule has 26 heavy (non-hydrogen) atoms.